The number of hydrogen-bond donors (Lipinski definition) is 1. The highest BCUT2D eigenvalue weighted by atomic mass is 35.5. The fraction of sp³-hybridized carbons (Fsp3) is 0.160. The van der Waals surface area contributed by atoms with Gasteiger partial charge in [0, 0.05) is 16.8 Å². The number of sulfonamides is 1. The lowest BCUT2D eigenvalue weighted by atomic mass is 10.2. The number of halogens is 1. The molecule has 9 nitrogen and oxygen atoms in total. The molecule has 1 aromatic heterocycles. The van der Waals surface area contributed by atoms with Crippen molar-refractivity contribution >= 4 is 61.4 Å². The Hall–Kier alpha value is -3.32. The van der Waals surface area contributed by atoms with E-state index in [1.807, 2.05) is 30.3 Å². The molecule has 0 saturated heterocycles. The lowest BCUT2D eigenvalue weighted by Crippen LogP contribution is -2.38. The fourth-order valence-electron chi connectivity index (χ4n) is 3.35. The molecule has 0 atom stereocenters. The van der Waals surface area contributed by atoms with Crippen molar-refractivity contribution in [3.8, 4) is 11.5 Å². The van der Waals surface area contributed by atoms with Gasteiger partial charge in [-0.1, -0.05) is 65.0 Å². The van der Waals surface area contributed by atoms with E-state index in [2.05, 4.69) is 15.5 Å². The van der Waals surface area contributed by atoms with Crippen LogP contribution < -0.4 is 19.1 Å². The van der Waals surface area contributed by atoms with E-state index in [4.69, 9.17) is 21.1 Å². The summed E-state index contributed by atoms with van der Waals surface area (Å²) in [5.41, 5.74) is 1.40. The van der Waals surface area contributed by atoms with E-state index in [0.29, 0.717) is 20.9 Å². The summed E-state index contributed by atoms with van der Waals surface area (Å²) in [5, 5.41) is 11.5. The molecule has 0 radical (unpaired) electrons. The summed E-state index contributed by atoms with van der Waals surface area (Å²) in [4.78, 5) is 12.9. The Balaban J connectivity index is 1.53. The largest absolute Gasteiger partial charge is 0.493 e. The van der Waals surface area contributed by atoms with Crippen molar-refractivity contribution in [2.24, 2.45) is 0 Å². The molecular weight excluding hydrogens is 568 g/mol. The zero-order valence-corrected chi connectivity index (χ0v) is 23.5. The van der Waals surface area contributed by atoms with Gasteiger partial charge in [-0.15, -0.1) is 10.2 Å². The molecule has 4 aromatic rings. The number of carbonyl (C=O) groups is 1. The average Bonchev–Trinajstić information content (AvgIpc) is 3.38. The lowest BCUT2D eigenvalue weighted by molar-refractivity contribution is -0.114. The summed E-state index contributed by atoms with van der Waals surface area (Å²) in [5.74, 6) is 0.736. The monoisotopic (exact) mass is 590 g/mol. The van der Waals surface area contributed by atoms with Crippen molar-refractivity contribution in [3.63, 3.8) is 0 Å². The predicted molar refractivity (Wildman–Crippen MR) is 150 cm³/mol. The number of aromatic nitrogens is 2. The number of benzene rings is 3. The first kappa shape index (κ1) is 27.7. The van der Waals surface area contributed by atoms with Crippen LogP contribution in [-0.2, 0) is 20.6 Å². The van der Waals surface area contributed by atoms with Gasteiger partial charge in [-0.05, 0) is 42.0 Å². The summed E-state index contributed by atoms with van der Waals surface area (Å²) in [6.45, 7) is -0.510. The maximum Gasteiger partial charge on any atom is 0.264 e. The lowest BCUT2D eigenvalue weighted by Gasteiger charge is -2.24. The summed E-state index contributed by atoms with van der Waals surface area (Å²) in [6, 6.07) is 20.3. The highest BCUT2D eigenvalue weighted by Gasteiger charge is 2.29. The molecule has 1 amide bonds. The topological polar surface area (TPSA) is 111 Å². The molecular formula is C25H23ClN4O5S3. The van der Waals surface area contributed by atoms with E-state index in [9.17, 15) is 13.2 Å². The number of thioether (sulfide) groups is 1. The van der Waals surface area contributed by atoms with Gasteiger partial charge >= 0.3 is 0 Å². The van der Waals surface area contributed by atoms with Crippen molar-refractivity contribution in [1.29, 1.82) is 0 Å². The molecule has 0 aliphatic heterocycles. The Kier molecular flexibility index (Phi) is 9.10. The molecule has 0 unspecified atom stereocenters. The molecule has 1 N–H and O–H groups in total. The Labute approximate surface area is 233 Å². The minimum Gasteiger partial charge on any atom is -0.493 e. The Morgan fingerprint density at radius 1 is 1.00 bits per heavy atom. The molecule has 13 heteroatoms. The normalized spacial score (nSPS) is 11.1. The van der Waals surface area contributed by atoms with E-state index in [0.717, 1.165) is 9.87 Å². The van der Waals surface area contributed by atoms with E-state index >= 15 is 0 Å². The van der Waals surface area contributed by atoms with Gasteiger partial charge in [0.25, 0.3) is 10.0 Å². The summed E-state index contributed by atoms with van der Waals surface area (Å²) in [6.07, 6.45) is 0. The summed E-state index contributed by atoms with van der Waals surface area (Å²) >= 11 is 8.71. The average molecular weight is 591 g/mol. The molecule has 0 fully saturated rings. The van der Waals surface area contributed by atoms with Crippen LogP contribution in [0, 0.1) is 0 Å². The van der Waals surface area contributed by atoms with E-state index in [1.54, 1.807) is 12.1 Å². The molecule has 3 aromatic carbocycles. The highest BCUT2D eigenvalue weighted by molar-refractivity contribution is 8.00. The van der Waals surface area contributed by atoms with Gasteiger partial charge in [-0.3, -0.25) is 14.4 Å². The Morgan fingerprint density at radius 2 is 1.71 bits per heavy atom. The number of carbonyl (C=O) groups excluding carboxylic acids is 1. The maximum atomic E-state index is 13.7. The van der Waals surface area contributed by atoms with Crippen molar-refractivity contribution in [3.05, 3.63) is 83.4 Å². The number of ether oxygens (including phenoxy) is 2. The number of rotatable bonds is 11. The van der Waals surface area contributed by atoms with Crippen LogP contribution in [0.3, 0.4) is 0 Å². The number of methoxy groups -OCH3 is 2. The van der Waals surface area contributed by atoms with Crippen LogP contribution in [-0.4, -0.2) is 45.3 Å². The fourth-order valence-corrected chi connectivity index (χ4v) is 6.64. The van der Waals surface area contributed by atoms with Crippen LogP contribution in [0.4, 0.5) is 10.8 Å². The second kappa shape index (κ2) is 12.5. The first-order valence-electron chi connectivity index (χ1n) is 11.1. The minimum absolute atomic E-state index is 0.0755. The van der Waals surface area contributed by atoms with Crippen molar-refractivity contribution in [2.45, 2.75) is 15.0 Å². The molecule has 4 rings (SSSR count). The van der Waals surface area contributed by atoms with Crippen LogP contribution >= 0.6 is 34.7 Å². The van der Waals surface area contributed by atoms with Gasteiger partial charge in [0.1, 0.15) is 6.54 Å². The van der Waals surface area contributed by atoms with Gasteiger partial charge in [0.15, 0.2) is 15.8 Å². The minimum atomic E-state index is -4.19. The van der Waals surface area contributed by atoms with Gasteiger partial charge in [-0.2, -0.15) is 0 Å². The van der Waals surface area contributed by atoms with Crippen LogP contribution in [0.15, 0.2) is 82.0 Å². The van der Waals surface area contributed by atoms with Gasteiger partial charge in [0.05, 0.1) is 24.8 Å². The first-order valence-corrected chi connectivity index (χ1v) is 14.7. The third-order valence-corrected chi connectivity index (χ3v) is 9.27. The molecule has 0 spiro atoms. The Morgan fingerprint density at radius 3 is 2.39 bits per heavy atom. The van der Waals surface area contributed by atoms with Crippen molar-refractivity contribution < 1.29 is 22.7 Å². The van der Waals surface area contributed by atoms with Crippen LogP contribution in [0.5, 0.6) is 11.5 Å². The first-order chi connectivity index (χ1) is 18.3. The molecule has 1 heterocycles. The third kappa shape index (κ3) is 6.76. The van der Waals surface area contributed by atoms with E-state index in [1.165, 1.54) is 67.7 Å². The Bertz CT molecular complexity index is 1500. The second-order valence-electron chi connectivity index (χ2n) is 7.70. The van der Waals surface area contributed by atoms with Crippen molar-refractivity contribution in [1.82, 2.24) is 10.2 Å². The van der Waals surface area contributed by atoms with E-state index in [-0.39, 0.29) is 21.5 Å². The number of nitrogens with zero attached hydrogens (tertiary/aromatic N) is 3. The van der Waals surface area contributed by atoms with Crippen LogP contribution in [0.2, 0.25) is 5.02 Å². The van der Waals surface area contributed by atoms with E-state index < -0.39 is 22.5 Å². The smallest absolute Gasteiger partial charge is 0.264 e. The zero-order valence-electron chi connectivity index (χ0n) is 20.3. The molecule has 0 aliphatic carbocycles. The quantitative estimate of drug-likeness (QED) is 0.184. The summed E-state index contributed by atoms with van der Waals surface area (Å²) in [7, 11) is -1.33. The SMILES string of the molecule is COc1ccc(S(=O)(=O)N(CC(=O)Nc2nnc(SCc3ccccc3)s2)c2ccc(Cl)cc2)cc1OC. The molecule has 38 heavy (non-hydrogen) atoms. The summed E-state index contributed by atoms with van der Waals surface area (Å²) < 4.78 is 39.5. The van der Waals surface area contributed by atoms with Crippen molar-refractivity contribution in [2.75, 3.05) is 30.4 Å². The molecule has 0 bridgehead atoms. The molecule has 0 aliphatic rings. The van der Waals surface area contributed by atoms with Gasteiger partial charge in [-0.25, -0.2) is 8.42 Å². The second-order valence-corrected chi connectivity index (χ2v) is 12.2. The van der Waals surface area contributed by atoms with Crippen LogP contribution in [0.1, 0.15) is 5.56 Å². The van der Waals surface area contributed by atoms with Gasteiger partial charge in [0.2, 0.25) is 11.0 Å². The number of nitrogens with one attached hydrogen (secondary N) is 1. The zero-order chi connectivity index (χ0) is 27.1. The third-order valence-electron chi connectivity index (χ3n) is 5.20. The highest BCUT2D eigenvalue weighted by Crippen LogP contribution is 2.33. The molecule has 198 valence electrons. The maximum absolute atomic E-state index is 13.7. The van der Waals surface area contributed by atoms with Crippen LogP contribution in [0.25, 0.3) is 0 Å². The number of anilines is 2. The number of amides is 1. The van der Waals surface area contributed by atoms with Gasteiger partial charge < -0.3 is 9.47 Å². The number of hydrogen-bond acceptors (Lipinski definition) is 9. The molecule has 0 saturated carbocycles. The predicted octanol–water partition coefficient (Wildman–Crippen LogP) is 5.34. The standard InChI is InChI=1S/C25H23ClN4O5S3/c1-34-21-13-12-20(14-22(21)35-2)38(32,33)30(19-10-8-18(26)9-11-19)15-23(31)27-24-28-29-25(37-24)36-16-17-6-4-3-5-7-17/h3-14H,15-16H2,1-2H3,(H,27,28,31).